The summed E-state index contributed by atoms with van der Waals surface area (Å²) in [6.45, 7) is 2.35. The zero-order chi connectivity index (χ0) is 16.8. The molecule has 1 N–H and O–H groups in total. The topological polar surface area (TPSA) is 38.3 Å². The Bertz CT molecular complexity index is 828. The number of carbonyl (C=O) groups excluding carboxylic acids is 1. The van der Waals surface area contributed by atoms with Crippen molar-refractivity contribution < 1.29 is 9.53 Å². The summed E-state index contributed by atoms with van der Waals surface area (Å²) in [6.07, 6.45) is 0. The molecule has 3 rings (SSSR count). The largest absolute Gasteiger partial charge is 0.489 e. The third-order valence-corrected chi connectivity index (χ3v) is 3.68. The van der Waals surface area contributed by atoms with Gasteiger partial charge < -0.3 is 10.1 Å². The summed E-state index contributed by atoms with van der Waals surface area (Å²) in [5.74, 6) is 0.652. The van der Waals surface area contributed by atoms with Crippen molar-refractivity contribution in [3.63, 3.8) is 0 Å². The average molecular weight is 317 g/mol. The Hall–Kier alpha value is -3.07. The lowest BCUT2D eigenvalue weighted by molar-refractivity contribution is 0.102. The molecule has 0 spiro atoms. The number of anilines is 1. The number of benzene rings is 3. The maximum atomic E-state index is 12.6. The third-order valence-electron chi connectivity index (χ3n) is 3.68. The van der Waals surface area contributed by atoms with Crippen molar-refractivity contribution in [3.05, 3.63) is 95.6 Å². The van der Waals surface area contributed by atoms with Crippen molar-refractivity contribution in [2.75, 3.05) is 5.32 Å². The molecule has 0 unspecified atom stereocenters. The SMILES string of the molecule is Cc1cccc(NC(=O)c2ccccc2COc2ccccc2)c1. The zero-order valence-corrected chi connectivity index (χ0v) is 13.5. The molecule has 3 aromatic rings. The summed E-state index contributed by atoms with van der Waals surface area (Å²) in [6, 6.07) is 24.8. The first-order valence-corrected chi connectivity index (χ1v) is 7.86. The van der Waals surface area contributed by atoms with E-state index < -0.39 is 0 Å². The maximum Gasteiger partial charge on any atom is 0.256 e. The van der Waals surface area contributed by atoms with Gasteiger partial charge in [0, 0.05) is 16.8 Å². The highest BCUT2D eigenvalue weighted by Crippen LogP contribution is 2.17. The minimum atomic E-state index is -0.132. The molecule has 3 aromatic carbocycles. The van der Waals surface area contributed by atoms with Crippen LogP contribution < -0.4 is 10.1 Å². The molecule has 0 aromatic heterocycles. The minimum absolute atomic E-state index is 0.132. The van der Waals surface area contributed by atoms with E-state index in [1.165, 1.54) is 0 Å². The lowest BCUT2D eigenvalue weighted by atomic mass is 10.1. The molecule has 3 heteroatoms. The van der Waals surface area contributed by atoms with Crippen molar-refractivity contribution in [1.29, 1.82) is 0 Å². The van der Waals surface area contributed by atoms with E-state index in [2.05, 4.69) is 5.32 Å². The van der Waals surface area contributed by atoms with Gasteiger partial charge in [-0.2, -0.15) is 0 Å². The van der Waals surface area contributed by atoms with Crippen molar-refractivity contribution in [2.24, 2.45) is 0 Å². The summed E-state index contributed by atoms with van der Waals surface area (Å²) in [5, 5.41) is 2.94. The van der Waals surface area contributed by atoms with Gasteiger partial charge in [-0.05, 0) is 42.8 Å². The van der Waals surface area contributed by atoms with Gasteiger partial charge >= 0.3 is 0 Å². The quantitative estimate of drug-likeness (QED) is 0.732. The molecule has 0 heterocycles. The highest BCUT2D eigenvalue weighted by atomic mass is 16.5. The van der Waals surface area contributed by atoms with Gasteiger partial charge in [-0.1, -0.05) is 48.5 Å². The molecule has 24 heavy (non-hydrogen) atoms. The Kier molecular flexibility index (Phi) is 4.92. The van der Waals surface area contributed by atoms with Crippen LogP contribution in [0.3, 0.4) is 0 Å². The van der Waals surface area contributed by atoms with Crippen molar-refractivity contribution in [2.45, 2.75) is 13.5 Å². The lowest BCUT2D eigenvalue weighted by Crippen LogP contribution is -2.15. The van der Waals surface area contributed by atoms with E-state index in [-0.39, 0.29) is 5.91 Å². The van der Waals surface area contributed by atoms with Crippen LogP contribution in [0.5, 0.6) is 5.75 Å². The van der Waals surface area contributed by atoms with Gasteiger partial charge in [0.05, 0.1) is 0 Å². The number of hydrogen-bond acceptors (Lipinski definition) is 2. The van der Waals surface area contributed by atoms with E-state index in [4.69, 9.17) is 4.74 Å². The number of aryl methyl sites for hydroxylation is 1. The zero-order valence-electron chi connectivity index (χ0n) is 13.5. The van der Waals surface area contributed by atoms with Crippen LogP contribution in [-0.2, 0) is 6.61 Å². The van der Waals surface area contributed by atoms with Gasteiger partial charge in [0.1, 0.15) is 12.4 Å². The van der Waals surface area contributed by atoms with E-state index in [0.29, 0.717) is 12.2 Å². The number of hydrogen-bond donors (Lipinski definition) is 1. The number of carbonyl (C=O) groups is 1. The van der Waals surface area contributed by atoms with Gasteiger partial charge in [0.25, 0.3) is 5.91 Å². The van der Waals surface area contributed by atoms with Crippen LogP contribution in [0, 0.1) is 6.92 Å². The molecular weight excluding hydrogens is 298 g/mol. The number of para-hydroxylation sites is 1. The molecule has 0 aliphatic carbocycles. The van der Waals surface area contributed by atoms with Crippen LogP contribution in [0.15, 0.2) is 78.9 Å². The smallest absolute Gasteiger partial charge is 0.256 e. The molecule has 0 saturated carbocycles. The predicted molar refractivity (Wildman–Crippen MR) is 96.3 cm³/mol. The first kappa shape index (κ1) is 15.8. The van der Waals surface area contributed by atoms with Crippen LogP contribution in [0.2, 0.25) is 0 Å². The molecule has 3 nitrogen and oxygen atoms in total. The van der Waals surface area contributed by atoms with Crippen LogP contribution in [0.1, 0.15) is 21.5 Å². The molecular formula is C21H19NO2. The summed E-state index contributed by atoms with van der Waals surface area (Å²) in [4.78, 5) is 12.6. The highest BCUT2D eigenvalue weighted by Gasteiger charge is 2.11. The average Bonchev–Trinajstić information content (AvgIpc) is 2.61. The number of nitrogens with one attached hydrogen (secondary N) is 1. The van der Waals surface area contributed by atoms with Gasteiger partial charge in [0.2, 0.25) is 0 Å². The van der Waals surface area contributed by atoms with Crippen LogP contribution >= 0.6 is 0 Å². The van der Waals surface area contributed by atoms with Crippen LogP contribution in [0.25, 0.3) is 0 Å². The van der Waals surface area contributed by atoms with Crippen molar-refractivity contribution in [3.8, 4) is 5.75 Å². The second-order valence-corrected chi connectivity index (χ2v) is 5.58. The molecule has 120 valence electrons. The fourth-order valence-electron chi connectivity index (χ4n) is 2.47. The second-order valence-electron chi connectivity index (χ2n) is 5.58. The Labute approximate surface area is 141 Å². The summed E-state index contributed by atoms with van der Waals surface area (Å²) in [5.41, 5.74) is 3.37. The van der Waals surface area contributed by atoms with Gasteiger partial charge in [0.15, 0.2) is 0 Å². The summed E-state index contributed by atoms with van der Waals surface area (Å²) in [7, 11) is 0. The second kappa shape index (κ2) is 7.47. The molecule has 0 bridgehead atoms. The Morgan fingerprint density at radius 1 is 0.917 bits per heavy atom. The van der Waals surface area contributed by atoms with Crippen LogP contribution in [-0.4, -0.2) is 5.91 Å². The van der Waals surface area contributed by atoms with E-state index in [1.807, 2.05) is 85.8 Å². The first-order valence-electron chi connectivity index (χ1n) is 7.86. The number of ether oxygens (including phenoxy) is 1. The fourth-order valence-corrected chi connectivity index (χ4v) is 2.47. The van der Waals surface area contributed by atoms with Crippen LogP contribution in [0.4, 0.5) is 5.69 Å². The third kappa shape index (κ3) is 4.02. The molecule has 0 aliphatic rings. The molecule has 1 amide bonds. The Morgan fingerprint density at radius 3 is 2.46 bits per heavy atom. The van der Waals surface area contributed by atoms with E-state index in [0.717, 1.165) is 22.6 Å². The van der Waals surface area contributed by atoms with Crippen molar-refractivity contribution in [1.82, 2.24) is 0 Å². The predicted octanol–water partition coefficient (Wildman–Crippen LogP) is 4.83. The number of rotatable bonds is 5. The molecule has 0 atom stereocenters. The van der Waals surface area contributed by atoms with E-state index in [9.17, 15) is 4.79 Å². The maximum absolute atomic E-state index is 12.6. The molecule has 0 saturated heterocycles. The van der Waals surface area contributed by atoms with Gasteiger partial charge in [-0.25, -0.2) is 0 Å². The standard InChI is InChI=1S/C21H19NO2/c1-16-8-7-10-18(14-16)22-21(23)20-13-6-5-9-17(20)15-24-19-11-3-2-4-12-19/h2-14H,15H2,1H3,(H,22,23). The van der Waals surface area contributed by atoms with Gasteiger partial charge in [-0.3, -0.25) is 4.79 Å². The molecule has 0 radical (unpaired) electrons. The minimum Gasteiger partial charge on any atom is -0.489 e. The summed E-state index contributed by atoms with van der Waals surface area (Å²) >= 11 is 0. The molecule has 0 aliphatic heterocycles. The lowest BCUT2D eigenvalue weighted by Gasteiger charge is -2.12. The number of amides is 1. The highest BCUT2D eigenvalue weighted by molar-refractivity contribution is 6.05. The molecule has 0 fully saturated rings. The Morgan fingerprint density at radius 2 is 1.67 bits per heavy atom. The first-order chi connectivity index (χ1) is 11.7. The normalized spacial score (nSPS) is 10.2. The summed E-state index contributed by atoms with van der Waals surface area (Å²) < 4.78 is 5.77. The fraction of sp³-hybridized carbons (Fsp3) is 0.0952. The van der Waals surface area contributed by atoms with E-state index >= 15 is 0 Å². The van der Waals surface area contributed by atoms with E-state index in [1.54, 1.807) is 0 Å². The van der Waals surface area contributed by atoms with Gasteiger partial charge in [-0.15, -0.1) is 0 Å². The van der Waals surface area contributed by atoms with Crippen molar-refractivity contribution >= 4 is 11.6 Å². The monoisotopic (exact) mass is 317 g/mol. The Balaban J connectivity index is 1.74.